The third kappa shape index (κ3) is 3.69. The van der Waals surface area contributed by atoms with Crippen molar-refractivity contribution in [3.8, 4) is 0 Å². The molecule has 0 amide bonds. The van der Waals surface area contributed by atoms with E-state index in [9.17, 15) is 4.39 Å². The minimum atomic E-state index is -0.276. The Morgan fingerprint density at radius 2 is 2.06 bits per heavy atom. The summed E-state index contributed by atoms with van der Waals surface area (Å²) in [5.41, 5.74) is 0. The van der Waals surface area contributed by atoms with Crippen molar-refractivity contribution in [2.75, 3.05) is 5.32 Å². The Balaban J connectivity index is 1.79. The van der Waals surface area contributed by atoms with E-state index in [1.165, 1.54) is 50.8 Å². The number of nitrogens with one attached hydrogen (secondary N) is 1. The molecule has 3 heteroatoms. The second kappa shape index (κ2) is 5.99. The van der Waals surface area contributed by atoms with Gasteiger partial charge in [0.25, 0.3) is 0 Å². The van der Waals surface area contributed by atoms with Gasteiger partial charge in [0.05, 0.1) is 6.20 Å². The average Bonchev–Trinajstić information content (AvgIpc) is 2.35. The zero-order valence-electron chi connectivity index (χ0n) is 10.5. The van der Waals surface area contributed by atoms with Crippen LogP contribution in [-0.2, 0) is 0 Å². The number of hydrogen-bond acceptors (Lipinski definition) is 2. The van der Waals surface area contributed by atoms with Gasteiger partial charge in [-0.1, -0.05) is 19.8 Å². The molecular weight excluding hydrogens is 215 g/mol. The molecule has 17 heavy (non-hydrogen) atoms. The van der Waals surface area contributed by atoms with Gasteiger partial charge in [-0.15, -0.1) is 0 Å². The van der Waals surface area contributed by atoms with E-state index in [2.05, 4.69) is 17.2 Å². The molecule has 1 aromatic heterocycles. The Morgan fingerprint density at radius 3 is 2.65 bits per heavy atom. The summed E-state index contributed by atoms with van der Waals surface area (Å²) in [6, 6.07) is 3.69. The van der Waals surface area contributed by atoms with Gasteiger partial charge in [0.2, 0.25) is 0 Å². The molecule has 94 valence electrons. The summed E-state index contributed by atoms with van der Waals surface area (Å²) in [4.78, 5) is 4.04. The number of pyridine rings is 1. The van der Waals surface area contributed by atoms with Crippen molar-refractivity contribution < 1.29 is 4.39 Å². The van der Waals surface area contributed by atoms with Gasteiger partial charge in [-0.25, -0.2) is 9.37 Å². The van der Waals surface area contributed by atoms with Crippen LogP contribution in [0.15, 0.2) is 18.3 Å². The van der Waals surface area contributed by atoms with Gasteiger partial charge >= 0.3 is 0 Å². The third-order valence-electron chi connectivity index (χ3n) is 3.62. The van der Waals surface area contributed by atoms with Crippen LogP contribution in [0.4, 0.5) is 10.2 Å². The minimum Gasteiger partial charge on any atom is -0.367 e. The average molecular weight is 236 g/mol. The van der Waals surface area contributed by atoms with Gasteiger partial charge in [0.15, 0.2) is 0 Å². The highest BCUT2D eigenvalue weighted by Gasteiger charge is 2.20. The maximum absolute atomic E-state index is 12.7. The first-order valence-electron chi connectivity index (χ1n) is 6.66. The quantitative estimate of drug-likeness (QED) is 0.855. The normalized spacial score (nSPS) is 24.6. The second-order valence-electron chi connectivity index (χ2n) is 5.01. The fraction of sp³-hybridized carbons (Fsp3) is 0.643. The first-order valence-corrected chi connectivity index (χ1v) is 6.66. The second-order valence-corrected chi connectivity index (χ2v) is 5.01. The molecule has 0 bridgehead atoms. The van der Waals surface area contributed by atoms with Crippen LogP contribution in [0.2, 0.25) is 0 Å². The van der Waals surface area contributed by atoms with Crippen LogP contribution in [0, 0.1) is 11.7 Å². The van der Waals surface area contributed by atoms with Gasteiger partial charge in [0, 0.05) is 6.04 Å². The lowest BCUT2D eigenvalue weighted by Gasteiger charge is -2.29. The van der Waals surface area contributed by atoms with Gasteiger partial charge in [-0.3, -0.25) is 0 Å². The lowest BCUT2D eigenvalue weighted by Crippen LogP contribution is -2.26. The standard InChI is InChI=1S/C14H21FN2/c1-2-3-11-4-7-13(8-5-11)17-14-9-6-12(15)10-16-14/h6,9-11,13H,2-5,7-8H2,1H3,(H,16,17). The highest BCUT2D eigenvalue weighted by molar-refractivity contribution is 5.34. The van der Waals surface area contributed by atoms with Crippen LogP contribution in [0.5, 0.6) is 0 Å². The van der Waals surface area contributed by atoms with E-state index in [0.717, 1.165) is 11.7 Å². The molecule has 0 spiro atoms. The molecule has 1 aromatic rings. The lowest BCUT2D eigenvalue weighted by atomic mass is 9.83. The number of nitrogens with zero attached hydrogens (tertiary/aromatic N) is 1. The molecule has 1 fully saturated rings. The van der Waals surface area contributed by atoms with E-state index in [4.69, 9.17) is 0 Å². The fourth-order valence-electron chi connectivity index (χ4n) is 2.67. The summed E-state index contributed by atoms with van der Waals surface area (Å²) in [6.45, 7) is 2.26. The molecule has 0 atom stereocenters. The summed E-state index contributed by atoms with van der Waals surface area (Å²) in [7, 11) is 0. The zero-order chi connectivity index (χ0) is 12.1. The number of aromatic nitrogens is 1. The molecule has 2 nitrogen and oxygen atoms in total. The Labute approximate surface area is 103 Å². The molecular formula is C14H21FN2. The first kappa shape index (κ1) is 12.3. The van der Waals surface area contributed by atoms with E-state index in [0.29, 0.717) is 6.04 Å². The fourth-order valence-corrected chi connectivity index (χ4v) is 2.67. The minimum absolute atomic E-state index is 0.276. The predicted molar refractivity (Wildman–Crippen MR) is 68.5 cm³/mol. The molecule has 1 aliphatic carbocycles. The molecule has 0 aromatic carbocycles. The number of halogens is 1. The first-order chi connectivity index (χ1) is 8.28. The summed E-state index contributed by atoms with van der Waals surface area (Å²) in [6.07, 6.45) is 8.97. The van der Waals surface area contributed by atoms with E-state index < -0.39 is 0 Å². The third-order valence-corrected chi connectivity index (χ3v) is 3.62. The highest BCUT2D eigenvalue weighted by atomic mass is 19.1. The molecule has 0 unspecified atom stereocenters. The molecule has 0 aliphatic heterocycles. The van der Waals surface area contributed by atoms with E-state index in [1.807, 2.05) is 0 Å². The molecule has 1 heterocycles. The maximum atomic E-state index is 12.7. The summed E-state index contributed by atoms with van der Waals surface area (Å²) in [5.74, 6) is 1.44. The van der Waals surface area contributed by atoms with Crippen LogP contribution < -0.4 is 5.32 Å². The zero-order valence-corrected chi connectivity index (χ0v) is 10.5. The van der Waals surface area contributed by atoms with E-state index >= 15 is 0 Å². The molecule has 1 aliphatic rings. The maximum Gasteiger partial charge on any atom is 0.141 e. The van der Waals surface area contributed by atoms with Gasteiger partial charge < -0.3 is 5.32 Å². The van der Waals surface area contributed by atoms with Crippen LogP contribution in [0.1, 0.15) is 45.4 Å². The topological polar surface area (TPSA) is 24.9 Å². The Hall–Kier alpha value is -1.12. The molecule has 0 saturated heterocycles. The van der Waals surface area contributed by atoms with Crippen LogP contribution in [0.3, 0.4) is 0 Å². The molecule has 1 saturated carbocycles. The molecule has 0 radical (unpaired) electrons. The van der Waals surface area contributed by atoms with Crippen molar-refractivity contribution in [3.63, 3.8) is 0 Å². The lowest BCUT2D eigenvalue weighted by molar-refractivity contribution is 0.318. The SMILES string of the molecule is CCCC1CCC(Nc2ccc(F)cn2)CC1. The van der Waals surface area contributed by atoms with Gasteiger partial charge in [-0.2, -0.15) is 0 Å². The van der Waals surface area contributed by atoms with Crippen molar-refractivity contribution in [3.05, 3.63) is 24.1 Å². The molecule has 1 N–H and O–H groups in total. The number of hydrogen-bond donors (Lipinski definition) is 1. The van der Waals surface area contributed by atoms with Crippen LogP contribution >= 0.6 is 0 Å². The van der Waals surface area contributed by atoms with Crippen molar-refractivity contribution >= 4 is 5.82 Å². The van der Waals surface area contributed by atoms with Crippen molar-refractivity contribution in [2.24, 2.45) is 5.92 Å². The number of anilines is 1. The Morgan fingerprint density at radius 1 is 1.29 bits per heavy atom. The van der Waals surface area contributed by atoms with Crippen molar-refractivity contribution in [1.82, 2.24) is 4.98 Å². The van der Waals surface area contributed by atoms with Gasteiger partial charge in [0.1, 0.15) is 11.6 Å². The van der Waals surface area contributed by atoms with Crippen molar-refractivity contribution in [2.45, 2.75) is 51.5 Å². The van der Waals surface area contributed by atoms with Crippen LogP contribution in [-0.4, -0.2) is 11.0 Å². The van der Waals surface area contributed by atoms with E-state index in [1.54, 1.807) is 6.07 Å². The summed E-state index contributed by atoms with van der Waals surface area (Å²) < 4.78 is 12.7. The Bertz CT molecular complexity index is 329. The Kier molecular flexibility index (Phi) is 4.35. The van der Waals surface area contributed by atoms with Crippen molar-refractivity contribution in [1.29, 1.82) is 0 Å². The summed E-state index contributed by atoms with van der Waals surface area (Å²) in [5, 5.41) is 3.39. The van der Waals surface area contributed by atoms with Crippen LogP contribution in [0.25, 0.3) is 0 Å². The predicted octanol–water partition coefficient (Wildman–Crippen LogP) is 3.99. The largest absolute Gasteiger partial charge is 0.367 e. The number of rotatable bonds is 4. The molecule has 2 rings (SSSR count). The monoisotopic (exact) mass is 236 g/mol. The van der Waals surface area contributed by atoms with E-state index in [-0.39, 0.29) is 5.82 Å². The summed E-state index contributed by atoms with van der Waals surface area (Å²) >= 11 is 0. The highest BCUT2D eigenvalue weighted by Crippen LogP contribution is 2.29. The smallest absolute Gasteiger partial charge is 0.141 e. The van der Waals surface area contributed by atoms with Gasteiger partial charge in [-0.05, 0) is 43.7 Å².